The van der Waals surface area contributed by atoms with Gasteiger partial charge in [-0.1, -0.05) is 136 Å². The van der Waals surface area contributed by atoms with Crippen LogP contribution in [0.15, 0.2) is 114 Å². The zero-order valence-electron chi connectivity index (χ0n) is 16.8. The van der Waals surface area contributed by atoms with Gasteiger partial charge in [0.1, 0.15) is 0 Å². The first-order chi connectivity index (χ1) is 15.1. The fourth-order valence-electron chi connectivity index (χ4n) is 3.83. The van der Waals surface area contributed by atoms with Crippen molar-refractivity contribution in [1.29, 1.82) is 0 Å². The molecule has 4 aromatic carbocycles. The summed E-state index contributed by atoms with van der Waals surface area (Å²) in [5.74, 6) is 0.132. The van der Waals surface area contributed by atoms with E-state index in [1.54, 1.807) is 0 Å². The summed E-state index contributed by atoms with van der Waals surface area (Å²) in [5.41, 5.74) is 1.82. The maximum Gasteiger partial charge on any atom is 0.167 e. The number of carbonyl (C=O) groups is 1. The average Bonchev–Trinajstić information content (AvgIpc) is 2.83. The second-order valence-corrected chi connectivity index (χ2v) is 13.0. The lowest BCUT2D eigenvalue weighted by Gasteiger charge is -2.29. The van der Waals surface area contributed by atoms with E-state index in [0.717, 1.165) is 15.6 Å². The third kappa shape index (κ3) is 4.64. The van der Waals surface area contributed by atoms with E-state index >= 15 is 0 Å². The highest BCUT2D eigenvalue weighted by molar-refractivity contribution is 14.1. The molecule has 0 atom stereocenters. The highest BCUT2D eigenvalue weighted by Crippen LogP contribution is 2.45. The Morgan fingerprint density at radius 1 is 0.742 bits per heavy atom. The average molecular weight is 599 g/mol. The van der Waals surface area contributed by atoms with Crippen LogP contribution in [-0.4, -0.2) is 9.59 Å². The van der Waals surface area contributed by atoms with E-state index in [2.05, 4.69) is 121 Å². The Kier molecular flexibility index (Phi) is 7.27. The number of ketones is 1. The molecule has 0 radical (unpaired) electrons. The monoisotopic (exact) mass is 598 g/mol. The maximum absolute atomic E-state index is 13.2. The highest BCUT2D eigenvalue weighted by Gasteiger charge is 2.27. The van der Waals surface area contributed by atoms with Crippen LogP contribution in [0.3, 0.4) is 0 Å². The van der Waals surface area contributed by atoms with E-state index in [1.165, 1.54) is 15.9 Å². The Balaban J connectivity index is 1.88. The predicted molar refractivity (Wildman–Crippen MR) is 147 cm³/mol. The topological polar surface area (TPSA) is 17.1 Å². The summed E-state index contributed by atoms with van der Waals surface area (Å²) in [7, 11) is 0. The number of rotatable bonds is 6. The molecule has 4 aromatic rings. The first kappa shape index (κ1) is 22.3. The number of carbonyl (C=O) groups excluding carboxylic acids is 1. The van der Waals surface area contributed by atoms with Crippen LogP contribution < -0.4 is 15.9 Å². The Labute approximate surface area is 205 Å². The van der Waals surface area contributed by atoms with Gasteiger partial charge in [0.25, 0.3) is 0 Å². The van der Waals surface area contributed by atoms with Gasteiger partial charge in [-0.3, -0.25) is 4.79 Å². The number of halogens is 2. The second-order valence-electron chi connectivity index (χ2n) is 7.23. The first-order valence-electron chi connectivity index (χ1n) is 9.97. The maximum atomic E-state index is 13.2. The summed E-state index contributed by atoms with van der Waals surface area (Å²) in [6.07, 6.45) is 0.379. The van der Waals surface area contributed by atoms with Crippen molar-refractivity contribution in [2.45, 2.75) is 6.42 Å². The van der Waals surface area contributed by atoms with Gasteiger partial charge >= 0.3 is 0 Å². The molecule has 0 bridgehead atoms. The van der Waals surface area contributed by atoms with Crippen molar-refractivity contribution in [3.8, 4) is 0 Å². The summed E-state index contributed by atoms with van der Waals surface area (Å²) < 4.78 is 3.31. The van der Waals surface area contributed by atoms with E-state index in [9.17, 15) is 4.79 Å². The molecule has 1 nitrogen and oxygen atoms in total. The molecule has 0 N–H and O–H groups in total. The standard InChI is InChI=1S/C27H21BrIOP/c28-23-17-15-21(16-18-23)26(30)19-22-9-7-8-14-27(22)31(20-29,24-10-3-1-4-11-24)25-12-5-2-6-13-25/h1-18,20H,19H2. The van der Waals surface area contributed by atoms with Crippen LogP contribution in [-0.2, 0) is 6.42 Å². The molecule has 0 fully saturated rings. The second kappa shape index (κ2) is 10.1. The van der Waals surface area contributed by atoms with Gasteiger partial charge in [-0.25, -0.2) is 0 Å². The van der Waals surface area contributed by atoms with Crippen molar-refractivity contribution in [2.24, 2.45) is 0 Å². The molecule has 154 valence electrons. The van der Waals surface area contributed by atoms with E-state index in [4.69, 9.17) is 0 Å². The Hall–Kier alpha value is -1.94. The molecule has 0 aliphatic rings. The molecule has 0 saturated carbocycles. The van der Waals surface area contributed by atoms with Crippen molar-refractivity contribution in [3.63, 3.8) is 0 Å². The highest BCUT2D eigenvalue weighted by atomic mass is 127. The molecule has 4 heteroatoms. The summed E-state index contributed by atoms with van der Waals surface area (Å²) in [5, 5.41) is 3.82. The van der Waals surface area contributed by atoms with Crippen LogP contribution in [0, 0.1) is 0 Å². The van der Waals surface area contributed by atoms with E-state index in [0.29, 0.717) is 6.42 Å². The van der Waals surface area contributed by atoms with Crippen molar-refractivity contribution in [1.82, 2.24) is 0 Å². The molecule has 0 aromatic heterocycles. The largest absolute Gasteiger partial charge is 0.294 e. The van der Waals surface area contributed by atoms with Crippen molar-refractivity contribution in [3.05, 3.63) is 125 Å². The lowest BCUT2D eigenvalue weighted by atomic mass is 10.0. The number of benzene rings is 4. The lowest BCUT2D eigenvalue weighted by molar-refractivity contribution is 0.0993. The molecule has 4 rings (SSSR count). The molecular weight excluding hydrogens is 578 g/mol. The van der Waals surface area contributed by atoms with Crippen LogP contribution in [0.1, 0.15) is 15.9 Å². The molecule has 0 aliphatic carbocycles. The number of Topliss-reactive ketones (excluding diaryl/α,β-unsaturated/α-hetero) is 1. The number of hydrogen-bond donors (Lipinski definition) is 0. The Bertz CT molecular complexity index is 1190. The quantitative estimate of drug-likeness (QED) is 0.143. The van der Waals surface area contributed by atoms with Crippen molar-refractivity contribution in [2.75, 3.05) is 0 Å². The minimum Gasteiger partial charge on any atom is -0.294 e. The van der Waals surface area contributed by atoms with Gasteiger partial charge < -0.3 is 0 Å². The van der Waals surface area contributed by atoms with Crippen LogP contribution in [0.5, 0.6) is 0 Å². The molecule has 31 heavy (non-hydrogen) atoms. The van der Waals surface area contributed by atoms with Gasteiger partial charge in [0, 0.05) is 16.5 Å². The van der Waals surface area contributed by atoms with E-state index in [1.807, 2.05) is 30.3 Å². The summed E-state index contributed by atoms with van der Waals surface area (Å²) in [6.45, 7) is -2.03. The van der Waals surface area contributed by atoms with Gasteiger partial charge in [-0.15, -0.1) is 0 Å². The smallest absolute Gasteiger partial charge is 0.167 e. The van der Waals surface area contributed by atoms with Gasteiger partial charge in [-0.2, -0.15) is 0 Å². The normalized spacial score (nSPS) is 11.2. The minimum atomic E-state index is -2.03. The summed E-state index contributed by atoms with van der Waals surface area (Å²) in [6, 6.07) is 37.4. The fourth-order valence-corrected chi connectivity index (χ4v) is 10.3. The van der Waals surface area contributed by atoms with Gasteiger partial charge in [-0.05, 0) is 44.3 Å². The number of hydrogen-bond acceptors (Lipinski definition) is 1. The fraction of sp³-hybridized carbons (Fsp3) is 0.0370. The zero-order valence-corrected chi connectivity index (χ0v) is 21.4. The van der Waals surface area contributed by atoms with Gasteiger partial charge in [0.2, 0.25) is 0 Å². The lowest BCUT2D eigenvalue weighted by Crippen LogP contribution is -2.29. The molecule has 0 heterocycles. The SMILES string of the molecule is O=C(Cc1ccccc1P(=CI)(c1ccccc1)c1ccccc1)c1ccc(Br)cc1. The summed E-state index contributed by atoms with van der Waals surface area (Å²) in [4.78, 5) is 13.2. The molecule has 0 saturated heterocycles. The van der Waals surface area contributed by atoms with Crippen LogP contribution in [0.4, 0.5) is 0 Å². The molecule has 0 spiro atoms. The third-order valence-electron chi connectivity index (χ3n) is 5.36. The molecule has 0 aliphatic heterocycles. The Morgan fingerprint density at radius 3 is 1.81 bits per heavy atom. The predicted octanol–water partition coefficient (Wildman–Crippen LogP) is 6.36. The van der Waals surface area contributed by atoms with E-state index in [-0.39, 0.29) is 5.78 Å². The molecule has 0 amide bonds. The van der Waals surface area contributed by atoms with Crippen molar-refractivity contribution >= 4 is 70.9 Å². The van der Waals surface area contributed by atoms with E-state index < -0.39 is 6.89 Å². The third-order valence-corrected chi connectivity index (χ3v) is 12.1. The minimum absolute atomic E-state index is 0.132. The molecule has 0 unspecified atom stereocenters. The van der Waals surface area contributed by atoms with Crippen LogP contribution in [0.2, 0.25) is 0 Å². The van der Waals surface area contributed by atoms with Crippen LogP contribution in [0.25, 0.3) is 0 Å². The Morgan fingerprint density at radius 2 is 1.26 bits per heavy atom. The molecular formula is C27H21BrIOP. The zero-order chi connectivity index (χ0) is 21.7. The first-order valence-corrected chi connectivity index (χ1v) is 13.9. The van der Waals surface area contributed by atoms with Crippen LogP contribution >= 0.6 is 45.4 Å². The summed E-state index contributed by atoms with van der Waals surface area (Å²) >= 11 is 5.86. The van der Waals surface area contributed by atoms with Crippen molar-refractivity contribution < 1.29 is 4.79 Å². The van der Waals surface area contributed by atoms with Gasteiger partial charge in [0.05, 0.1) is 0 Å². The van der Waals surface area contributed by atoms with Gasteiger partial charge in [0.15, 0.2) is 5.78 Å².